The highest BCUT2D eigenvalue weighted by molar-refractivity contribution is 9.10. The minimum absolute atomic E-state index is 0.0529. The molecular weight excluding hydrogens is 510 g/mol. The molecule has 0 atom stereocenters. The summed E-state index contributed by atoms with van der Waals surface area (Å²) in [4.78, 5) is 20.0. The Morgan fingerprint density at radius 3 is 2.62 bits per heavy atom. The van der Waals surface area contributed by atoms with Crippen LogP contribution in [-0.2, 0) is 11.4 Å². The maximum atomic E-state index is 13.0. The predicted octanol–water partition coefficient (Wildman–Crippen LogP) is 6.83. The van der Waals surface area contributed by atoms with Gasteiger partial charge in [0.25, 0.3) is 5.91 Å². The van der Waals surface area contributed by atoms with E-state index in [0.717, 1.165) is 21.3 Å². The van der Waals surface area contributed by atoms with Gasteiger partial charge in [-0.25, -0.2) is 4.99 Å². The number of likely N-dealkylation sites (N-methyl/N-ethyl adjacent to an activating group) is 1. The van der Waals surface area contributed by atoms with E-state index in [1.165, 1.54) is 17.3 Å². The van der Waals surface area contributed by atoms with Crippen LogP contribution in [0.1, 0.15) is 29.2 Å². The minimum atomic E-state index is -0.0529. The van der Waals surface area contributed by atoms with Crippen molar-refractivity contribution in [2.24, 2.45) is 4.99 Å². The molecule has 0 bridgehead atoms. The summed E-state index contributed by atoms with van der Waals surface area (Å²) in [5, 5.41) is 9.93. The van der Waals surface area contributed by atoms with Crippen LogP contribution in [0.5, 0.6) is 5.75 Å². The molecule has 0 spiro atoms. The lowest BCUT2D eigenvalue weighted by molar-refractivity contribution is -0.122. The first-order valence-electron chi connectivity index (χ1n) is 10.8. The molecule has 1 heterocycles. The van der Waals surface area contributed by atoms with Gasteiger partial charge >= 0.3 is 0 Å². The highest BCUT2D eigenvalue weighted by atomic mass is 79.9. The van der Waals surface area contributed by atoms with Crippen molar-refractivity contribution in [1.82, 2.24) is 4.90 Å². The van der Waals surface area contributed by atoms with Crippen LogP contribution < -0.4 is 4.74 Å². The Labute approximate surface area is 211 Å². The zero-order valence-corrected chi connectivity index (χ0v) is 21.2. The maximum absolute atomic E-state index is 13.0. The molecule has 0 N–H and O–H groups in total. The van der Waals surface area contributed by atoms with E-state index < -0.39 is 0 Å². The van der Waals surface area contributed by atoms with Gasteiger partial charge in [-0.1, -0.05) is 42.0 Å². The number of hydrogen-bond acceptors (Lipinski definition) is 5. The van der Waals surface area contributed by atoms with Gasteiger partial charge < -0.3 is 4.74 Å². The van der Waals surface area contributed by atoms with Crippen LogP contribution in [0.4, 0.5) is 5.69 Å². The highest BCUT2D eigenvalue weighted by Gasteiger charge is 2.32. The molecule has 0 aromatic heterocycles. The van der Waals surface area contributed by atoms with Crippen LogP contribution in [0, 0.1) is 18.3 Å². The van der Waals surface area contributed by atoms with Gasteiger partial charge in [-0.15, -0.1) is 0 Å². The molecule has 5 nitrogen and oxygen atoms in total. The van der Waals surface area contributed by atoms with Gasteiger partial charge in [0.05, 0.1) is 26.7 Å². The van der Waals surface area contributed by atoms with Gasteiger partial charge in [-0.2, -0.15) is 5.26 Å². The number of rotatable bonds is 6. The van der Waals surface area contributed by atoms with E-state index in [2.05, 4.69) is 27.0 Å². The first-order chi connectivity index (χ1) is 16.5. The zero-order valence-electron chi connectivity index (χ0n) is 18.8. The third kappa shape index (κ3) is 5.41. The molecule has 3 aromatic rings. The van der Waals surface area contributed by atoms with Crippen molar-refractivity contribution in [3.8, 4) is 11.8 Å². The highest BCUT2D eigenvalue weighted by Crippen LogP contribution is 2.35. The van der Waals surface area contributed by atoms with Crippen molar-refractivity contribution in [2.75, 3.05) is 6.54 Å². The number of carbonyl (C=O) groups excluding carboxylic acids is 1. The van der Waals surface area contributed by atoms with E-state index in [1.54, 1.807) is 11.0 Å². The standard InChI is InChI=1S/C27H22BrN3O2S/c1-3-31-26(32)25(34-27(31)30-22-11-8-18(2)9-12-22)15-19-10-13-24(23(28)14-19)33-17-21-7-5-4-6-20(21)16-29/h4-15H,3,17H2,1-2H3/b25-15+,30-27?. The molecule has 1 aliphatic heterocycles. The summed E-state index contributed by atoms with van der Waals surface area (Å²) in [6, 6.07) is 23.1. The van der Waals surface area contributed by atoms with Crippen LogP contribution in [0.3, 0.4) is 0 Å². The summed E-state index contributed by atoms with van der Waals surface area (Å²) >= 11 is 4.94. The third-order valence-corrected chi connectivity index (χ3v) is 6.86. The SMILES string of the molecule is CCN1C(=O)/C(=C\c2ccc(OCc3ccccc3C#N)c(Br)c2)SC1=Nc1ccc(C)cc1. The lowest BCUT2D eigenvalue weighted by atomic mass is 10.1. The Hall–Kier alpha value is -3.34. The molecule has 1 saturated heterocycles. The number of halogens is 1. The fraction of sp³-hybridized carbons (Fsp3) is 0.148. The quantitative estimate of drug-likeness (QED) is 0.327. The molecule has 1 amide bonds. The van der Waals surface area contributed by atoms with Crippen molar-refractivity contribution in [3.63, 3.8) is 0 Å². The van der Waals surface area contributed by atoms with Crippen LogP contribution in [0.2, 0.25) is 0 Å². The molecule has 0 radical (unpaired) electrons. The Kier molecular flexibility index (Phi) is 7.51. The van der Waals surface area contributed by atoms with Crippen LogP contribution in [0.15, 0.2) is 81.1 Å². The first-order valence-corrected chi connectivity index (χ1v) is 12.4. The molecule has 0 saturated carbocycles. The van der Waals surface area contributed by atoms with Gasteiger partial charge in [0.1, 0.15) is 12.4 Å². The van der Waals surface area contributed by atoms with Crippen molar-refractivity contribution in [3.05, 3.63) is 98.4 Å². The molecule has 0 aliphatic carbocycles. The van der Waals surface area contributed by atoms with Crippen LogP contribution >= 0.6 is 27.7 Å². The van der Waals surface area contributed by atoms with Gasteiger partial charge in [-0.05, 0) is 83.5 Å². The van der Waals surface area contributed by atoms with Crippen LogP contribution in [0.25, 0.3) is 6.08 Å². The summed E-state index contributed by atoms with van der Waals surface area (Å²) in [5.41, 5.74) is 4.29. The molecule has 34 heavy (non-hydrogen) atoms. The van der Waals surface area contributed by atoms with Crippen molar-refractivity contribution in [1.29, 1.82) is 5.26 Å². The van der Waals surface area contributed by atoms with E-state index >= 15 is 0 Å². The minimum Gasteiger partial charge on any atom is -0.488 e. The van der Waals surface area contributed by atoms with Gasteiger partial charge in [0, 0.05) is 12.1 Å². The van der Waals surface area contributed by atoms with E-state index in [9.17, 15) is 10.1 Å². The monoisotopic (exact) mass is 531 g/mol. The topological polar surface area (TPSA) is 65.7 Å². The molecule has 1 aliphatic rings. The molecule has 170 valence electrons. The smallest absolute Gasteiger partial charge is 0.266 e. The van der Waals surface area contributed by atoms with E-state index in [0.29, 0.717) is 34.5 Å². The number of amidine groups is 1. The molecule has 4 rings (SSSR count). The lowest BCUT2D eigenvalue weighted by Gasteiger charge is -2.12. The second kappa shape index (κ2) is 10.7. The number of aryl methyl sites for hydroxylation is 1. The Morgan fingerprint density at radius 2 is 1.91 bits per heavy atom. The number of thioether (sulfide) groups is 1. The zero-order chi connectivity index (χ0) is 24.1. The summed E-state index contributed by atoms with van der Waals surface area (Å²) in [6.07, 6.45) is 1.87. The summed E-state index contributed by atoms with van der Waals surface area (Å²) in [5.74, 6) is 0.611. The van der Waals surface area contributed by atoms with E-state index in [4.69, 9.17) is 4.74 Å². The lowest BCUT2D eigenvalue weighted by Crippen LogP contribution is -2.28. The number of amides is 1. The fourth-order valence-corrected chi connectivity index (χ4v) is 4.96. The number of hydrogen-bond donors (Lipinski definition) is 0. The second-order valence-corrected chi connectivity index (χ2v) is 9.50. The number of nitriles is 1. The fourth-order valence-electron chi connectivity index (χ4n) is 3.39. The van der Waals surface area contributed by atoms with Crippen molar-refractivity contribution >= 4 is 50.5 Å². The Balaban J connectivity index is 1.52. The Morgan fingerprint density at radius 1 is 1.15 bits per heavy atom. The number of ether oxygens (including phenoxy) is 1. The second-order valence-electron chi connectivity index (χ2n) is 7.64. The van der Waals surface area contributed by atoms with Crippen molar-refractivity contribution in [2.45, 2.75) is 20.5 Å². The van der Waals surface area contributed by atoms with E-state index in [1.807, 2.05) is 80.6 Å². The summed E-state index contributed by atoms with van der Waals surface area (Å²) in [6.45, 7) is 4.82. The number of aliphatic imine (C=N–C) groups is 1. The van der Waals surface area contributed by atoms with Gasteiger partial charge in [0.15, 0.2) is 5.17 Å². The van der Waals surface area contributed by atoms with E-state index in [-0.39, 0.29) is 5.91 Å². The summed E-state index contributed by atoms with van der Waals surface area (Å²) < 4.78 is 6.69. The third-order valence-electron chi connectivity index (χ3n) is 5.24. The van der Waals surface area contributed by atoms with Gasteiger partial charge in [-0.3, -0.25) is 9.69 Å². The number of nitrogens with zero attached hydrogens (tertiary/aromatic N) is 3. The molecule has 1 fully saturated rings. The van der Waals surface area contributed by atoms with Crippen LogP contribution in [-0.4, -0.2) is 22.5 Å². The normalized spacial score (nSPS) is 15.7. The number of carbonyl (C=O) groups is 1. The largest absolute Gasteiger partial charge is 0.488 e. The maximum Gasteiger partial charge on any atom is 0.266 e. The molecule has 7 heteroatoms. The van der Waals surface area contributed by atoms with Gasteiger partial charge in [0.2, 0.25) is 0 Å². The molecular formula is C27H22BrN3O2S. The average molecular weight is 532 g/mol. The molecule has 0 unspecified atom stereocenters. The molecule has 3 aromatic carbocycles. The first kappa shape index (κ1) is 23.8. The average Bonchev–Trinajstić information content (AvgIpc) is 3.13. The number of benzene rings is 3. The van der Waals surface area contributed by atoms with Crippen molar-refractivity contribution < 1.29 is 9.53 Å². The summed E-state index contributed by atoms with van der Waals surface area (Å²) in [7, 11) is 0. The predicted molar refractivity (Wildman–Crippen MR) is 141 cm³/mol. The Bertz CT molecular complexity index is 1330.